The molecule has 0 bridgehead atoms. The van der Waals surface area contributed by atoms with Crippen molar-refractivity contribution in [2.24, 2.45) is 0 Å². The topological polar surface area (TPSA) is 129 Å². The number of carbonyl (C=O) groups is 3. The fourth-order valence-electron chi connectivity index (χ4n) is 2.35. The third-order valence-electron chi connectivity index (χ3n) is 3.88. The van der Waals surface area contributed by atoms with Crippen LogP contribution < -0.4 is 20.1 Å². The van der Waals surface area contributed by atoms with E-state index in [4.69, 9.17) is 18.7 Å². The molecule has 0 unspecified atom stereocenters. The van der Waals surface area contributed by atoms with E-state index >= 15 is 0 Å². The number of hydrogen-bond acceptors (Lipinski definition) is 8. The predicted octanol–water partition coefficient (Wildman–Crippen LogP) is 1.88. The van der Waals surface area contributed by atoms with E-state index in [1.807, 2.05) is 12.2 Å². The van der Waals surface area contributed by atoms with Crippen LogP contribution in [0.15, 0.2) is 22.7 Å². The number of imide groups is 1. The van der Waals surface area contributed by atoms with Gasteiger partial charge in [-0.25, -0.2) is 9.59 Å². The van der Waals surface area contributed by atoms with Crippen molar-refractivity contribution in [1.29, 1.82) is 0 Å². The fourth-order valence-corrected chi connectivity index (χ4v) is 2.35. The van der Waals surface area contributed by atoms with Gasteiger partial charge in [0.15, 0.2) is 18.1 Å². The normalized spacial score (nSPS) is 10.2. The van der Waals surface area contributed by atoms with Crippen LogP contribution >= 0.6 is 0 Å². The molecule has 0 aliphatic rings. The zero-order valence-corrected chi connectivity index (χ0v) is 16.7. The van der Waals surface area contributed by atoms with E-state index in [0.717, 1.165) is 11.3 Å². The third-order valence-corrected chi connectivity index (χ3v) is 3.88. The molecule has 3 amide bonds. The van der Waals surface area contributed by atoms with Gasteiger partial charge in [0.05, 0.1) is 23.9 Å². The average molecular weight is 405 g/mol. The van der Waals surface area contributed by atoms with Crippen LogP contribution in [0, 0.1) is 13.8 Å². The van der Waals surface area contributed by atoms with Gasteiger partial charge < -0.3 is 24.1 Å². The van der Waals surface area contributed by atoms with Crippen molar-refractivity contribution >= 4 is 17.9 Å². The van der Waals surface area contributed by atoms with Gasteiger partial charge in [0.25, 0.3) is 5.91 Å². The summed E-state index contributed by atoms with van der Waals surface area (Å²) in [7, 11) is 1.44. The number of carbonyl (C=O) groups excluding carboxylic acids is 3. The molecule has 0 fully saturated rings. The molecule has 10 nitrogen and oxygen atoms in total. The van der Waals surface area contributed by atoms with Crippen molar-refractivity contribution < 1.29 is 33.1 Å². The minimum absolute atomic E-state index is 0.164. The summed E-state index contributed by atoms with van der Waals surface area (Å²) in [5, 5.41) is 8.30. The summed E-state index contributed by atoms with van der Waals surface area (Å²) < 4.78 is 21.0. The lowest BCUT2D eigenvalue weighted by atomic mass is 10.2. The average Bonchev–Trinajstić information content (AvgIpc) is 3.02. The van der Waals surface area contributed by atoms with Gasteiger partial charge in [-0.15, -0.1) is 0 Å². The number of benzene rings is 1. The van der Waals surface area contributed by atoms with Crippen LogP contribution in [0.2, 0.25) is 0 Å². The Morgan fingerprint density at radius 1 is 1.17 bits per heavy atom. The Morgan fingerprint density at radius 2 is 1.93 bits per heavy atom. The molecule has 10 heteroatoms. The number of ether oxygens (including phenoxy) is 3. The van der Waals surface area contributed by atoms with Crippen molar-refractivity contribution in [3.63, 3.8) is 0 Å². The molecule has 0 saturated carbocycles. The highest BCUT2D eigenvalue weighted by Gasteiger charge is 2.16. The van der Waals surface area contributed by atoms with Crippen molar-refractivity contribution in [3.8, 4) is 11.5 Å². The third kappa shape index (κ3) is 5.96. The minimum Gasteiger partial charge on any atom is -0.493 e. The molecule has 0 saturated heterocycles. The second kappa shape index (κ2) is 10.1. The molecule has 0 atom stereocenters. The van der Waals surface area contributed by atoms with E-state index in [1.165, 1.54) is 19.2 Å². The van der Waals surface area contributed by atoms with Crippen molar-refractivity contribution in [2.45, 2.75) is 27.4 Å². The number of methoxy groups -OCH3 is 1. The van der Waals surface area contributed by atoms with E-state index in [2.05, 4.69) is 10.5 Å². The molecule has 156 valence electrons. The summed E-state index contributed by atoms with van der Waals surface area (Å²) in [5.74, 6) is -0.0918. The molecule has 2 N–H and O–H groups in total. The number of esters is 1. The summed E-state index contributed by atoms with van der Waals surface area (Å²) in [6.07, 6.45) is 0. The number of aryl methyl sites for hydroxylation is 2. The SMILES string of the molecule is CCNC(=O)NC(=O)COC(=O)c1ccc(OCc2c(C)noc2C)c(OC)c1. The first-order valence-electron chi connectivity index (χ1n) is 8.83. The summed E-state index contributed by atoms with van der Waals surface area (Å²) in [6.45, 7) is 5.30. The largest absolute Gasteiger partial charge is 0.493 e. The maximum atomic E-state index is 12.2. The molecule has 0 spiro atoms. The highest BCUT2D eigenvalue weighted by atomic mass is 16.5. The quantitative estimate of drug-likeness (QED) is 0.637. The molecule has 0 aliphatic heterocycles. The molecular formula is C19H23N3O7. The lowest BCUT2D eigenvalue weighted by Gasteiger charge is -2.12. The first-order chi connectivity index (χ1) is 13.8. The maximum absolute atomic E-state index is 12.2. The smallest absolute Gasteiger partial charge is 0.338 e. The Balaban J connectivity index is 1.97. The number of aromatic nitrogens is 1. The van der Waals surface area contributed by atoms with E-state index < -0.39 is 24.5 Å². The van der Waals surface area contributed by atoms with Crippen LogP contribution in [-0.4, -0.2) is 43.3 Å². The molecule has 1 aromatic carbocycles. The number of nitrogens with one attached hydrogen (secondary N) is 2. The number of urea groups is 1. The highest BCUT2D eigenvalue weighted by Crippen LogP contribution is 2.29. The second-order valence-electron chi connectivity index (χ2n) is 5.94. The second-order valence-corrected chi connectivity index (χ2v) is 5.94. The Morgan fingerprint density at radius 3 is 2.55 bits per heavy atom. The summed E-state index contributed by atoms with van der Waals surface area (Å²) >= 11 is 0. The van der Waals surface area contributed by atoms with Gasteiger partial charge in [-0.3, -0.25) is 10.1 Å². The monoisotopic (exact) mass is 405 g/mol. The summed E-state index contributed by atoms with van der Waals surface area (Å²) in [5.41, 5.74) is 1.72. The predicted molar refractivity (Wildman–Crippen MR) is 101 cm³/mol. The maximum Gasteiger partial charge on any atom is 0.338 e. The molecule has 0 aliphatic carbocycles. The zero-order chi connectivity index (χ0) is 21.4. The summed E-state index contributed by atoms with van der Waals surface area (Å²) in [6, 6.07) is 3.82. The van der Waals surface area contributed by atoms with Gasteiger partial charge >= 0.3 is 12.0 Å². The van der Waals surface area contributed by atoms with Crippen molar-refractivity contribution in [1.82, 2.24) is 15.8 Å². The van der Waals surface area contributed by atoms with E-state index in [-0.39, 0.29) is 12.2 Å². The molecule has 0 radical (unpaired) electrons. The Labute approximate surface area is 167 Å². The lowest BCUT2D eigenvalue weighted by molar-refractivity contribution is -0.123. The van der Waals surface area contributed by atoms with E-state index in [0.29, 0.717) is 23.8 Å². The summed E-state index contributed by atoms with van der Waals surface area (Å²) in [4.78, 5) is 35.0. The van der Waals surface area contributed by atoms with E-state index in [1.54, 1.807) is 19.9 Å². The van der Waals surface area contributed by atoms with Gasteiger partial charge in [0.1, 0.15) is 12.4 Å². The van der Waals surface area contributed by atoms with Crippen molar-refractivity contribution in [3.05, 3.63) is 40.8 Å². The first-order valence-corrected chi connectivity index (χ1v) is 8.83. The Hall–Kier alpha value is -3.56. The molecular weight excluding hydrogens is 382 g/mol. The molecule has 29 heavy (non-hydrogen) atoms. The van der Waals surface area contributed by atoms with Crippen LogP contribution in [-0.2, 0) is 16.1 Å². The molecule has 2 rings (SSSR count). The molecule has 1 heterocycles. The zero-order valence-electron chi connectivity index (χ0n) is 16.7. The minimum atomic E-state index is -0.744. The fraction of sp³-hybridized carbons (Fsp3) is 0.368. The molecule has 1 aromatic heterocycles. The molecule has 2 aromatic rings. The standard InChI is InChI=1S/C19H23N3O7/c1-5-20-19(25)21-17(23)10-28-18(24)13-6-7-15(16(8-13)26-4)27-9-14-11(2)22-29-12(14)3/h6-8H,5,9-10H2,1-4H3,(H2,20,21,23,25). The number of nitrogens with zero attached hydrogens (tertiary/aromatic N) is 1. The van der Waals surface area contributed by atoms with Gasteiger partial charge in [-0.05, 0) is 39.0 Å². The van der Waals surface area contributed by atoms with Gasteiger partial charge in [-0.1, -0.05) is 5.16 Å². The van der Waals surface area contributed by atoms with Gasteiger partial charge in [0, 0.05) is 6.54 Å². The van der Waals surface area contributed by atoms with Gasteiger partial charge in [0.2, 0.25) is 0 Å². The van der Waals surface area contributed by atoms with E-state index in [9.17, 15) is 14.4 Å². The van der Waals surface area contributed by atoms with Crippen LogP contribution in [0.4, 0.5) is 4.79 Å². The Kier molecular flexibility index (Phi) is 7.58. The van der Waals surface area contributed by atoms with Crippen LogP contribution in [0.1, 0.15) is 34.3 Å². The van der Waals surface area contributed by atoms with Gasteiger partial charge in [-0.2, -0.15) is 0 Å². The highest BCUT2D eigenvalue weighted by molar-refractivity contribution is 5.97. The lowest BCUT2D eigenvalue weighted by Crippen LogP contribution is -2.41. The number of hydrogen-bond donors (Lipinski definition) is 2. The Bertz CT molecular complexity index is 872. The van der Waals surface area contributed by atoms with Crippen LogP contribution in [0.5, 0.6) is 11.5 Å². The van der Waals surface area contributed by atoms with Crippen molar-refractivity contribution in [2.75, 3.05) is 20.3 Å². The first kappa shape index (κ1) is 21.7. The number of rotatable bonds is 8. The van der Waals surface area contributed by atoms with Crippen LogP contribution in [0.3, 0.4) is 0 Å². The number of amides is 3. The van der Waals surface area contributed by atoms with Crippen LogP contribution in [0.25, 0.3) is 0 Å².